The molecule has 0 spiro atoms. The molecule has 1 aromatic carbocycles. The molecule has 0 unspecified atom stereocenters. The Morgan fingerprint density at radius 2 is 1.71 bits per heavy atom. The predicted octanol–water partition coefficient (Wildman–Crippen LogP) is 4.17. The molecule has 0 radical (unpaired) electrons. The number of ether oxygens (including phenoxy) is 2. The summed E-state index contributed by atoms with van der Waals surface area (Å²) in [5.74, 6) is -1.19. The Bertz CT molecular complexity index is 1400. The highest BCUT2D eigenvalue weighted by atomic mass is 32.1. The van der Waals surface area contributed by atoms with Crippen LogP contribution in [0.15, 0.2) is 41.9 Å². The van der Waals surface area contributed by atoms with Crippen molar-refractivity contribution in [2.45, 2.75) is 103 Å². The number of rotatable bonds is 20. The van der Waals surface area contributed by atoms with Crippen molar-refractivity contribution in [3.63, 3.8) is 0 Å². The number of amides is 4. The summed E-state index contributed by atoms with van der Waals surface area (Å²) in [6, 6.07) is 8.64. The number of nitrogens with zero attached hydrogens (tertiary/aromatic N) is 4. The molecule has 3 rings (SSSR count). The van der Waals surface area contributed by atoms with E-state index in [0.29, 0.717) is 19.4 Å². The summed E-state index contributed by atoms with van der Waals surface area (Å²) in [4.78, 5) is 64.2. The lowest BCUT2D eigenvalue weighted by molar-refractivity contribution is -0.146. The fraction of sp³-hybridized carbons (Fsp3) is 0.667. The number of likely N-dealkylation sites (tertiary alicyclic amines) is 1. The summed E-state index contributed by atoms with van der Waals surface area (Å²) >= 11 is 1.51. The van der Waals surface area contributed by atoms with Crippen LogP contribution in [-0.2, 0) is 35.1 Å². The van der Waals surface area contributed by atoms with Crippen molar-refractivity contribution in [2.24, 2.45) is 17.8 Å². The van der Waals surface area contributed by atoms with Crippen LogP contribution in [-0.4, -0.2) is 122 Å². The zero-order valence-corrected chi connectivity index (χ0v) is 33.7. The monoisotopic (exact) mass is 742 g/mol. The number of aromatic nitrogens is 1. The van der Waals surface area contributed by atoms with Gasteiger partial charge in [0.1, 0.15) is 5.01 Å². The molecule has 2 aromatic rings. The molecule has 52 heavy (non-hydrogen) atoms. The molecular weight excluding hydrogens is 681 g/mol. The molecule has 8 atom stereocenters. The Kier molecular flexibility index (Phi) is 17.2. The Morgan fingerprint density at radius 1 is 1.02 bits per heavy atom. The summed E-state index contributed by atoms with van der Waals surface area (Å²) < 4.78 is 12.0. The molecule has 1 aliphatic heterocycles. The van der Waals surface area contributed by atoms with Crippen molar-refractivity contribution in [1.82, 2.24) is 30.3 Å². The largest absolute Gasteiger partial charge is 0.379 e. The molecule has 4 amide bonds. The van der Waals surface area contributed by atoms with Gasteiger partial charge in [-0.3, -0.25) is 24.1 Å². The molecule has 1 aromatic heterocycles. The van der Waals surface area contributed by atoms with Gasteiger partial charge in [-0.1, -0.05) is 71.4 Å². The first-order valence-electron chi connectivity index (χ1n) is 18.5. The minimum atomic E-state index is -0.586. The third-order valence-corrected chi connectivity index (χ3v) is 11.4. The molecule has 0 bridgehead atoms. The van der Waals surface area contributed by atoms with Crippen LogP contribution < -0.4 is 10.6 Å². The smallest absolute Gasteiger partial charge is 0.242 e. The standard InChI is InChI=1S/C39H62N6O6S/c1-11-26(4)35(44(8)33(47)24-41-38(49)34(25(2)3)43(6)7)31(50-9)23-32(46)45-20-15-18-30(45)36(51-10)27(5)37(48)42-29(39-40-19-21-52-39)22-28-16-13-12-14-17-28/h12-14,16-17,19,21,25-27,29-31,34-36H,11,15,18,20,22-24H2,1-10H3,(H,41,49)(H,42,48)/t26-,27+,29-,30-,31+,34-,35-,36+/m0/s1. The number of nitrogens with one attached hydrogen (secondary N) is 2. The van der Waals surface area contributed by atoms with Crippen molar-refractivity contribution in [3.8, 4) is 0 Å². The number of hydrogen-bond donors (Lipinski definition) is 2. The second-order valence-corrected chi connectivity index (χ2v) is 15.6. The van der Waals surface area contributed by atoms with Gasteiger partial charge in [-0.2, -0.15) is 0 Å². The average Bonchev–Trinajstić information content (AvgIpc) is 3.84. The second kappa shape index (κ2) is 20.7. The normalized spacial score (nSPS) is 18.7. The Morgan fingerprint density at radius 3 is 2.27 bits per heavy atom. The van der Waals surface area contributed by atoms with Gasteiger partial charge in [0.25, 0.3) is 0 Å². The lowest BCUT2D eigenvalue weighted by Crippen LogP contribution is -2.55. The van der Waals surface area contributed by atoms with Crippen LogP contribution in [0.1, 0.15) is 76.9 Å². The van der Waals surface area contributed by atoms with Crippen molar-refractivity contribution in [3.05, 3.63) is 52.5 Å². The highest BCUT2D eigenvalue weighted by Crippen LogP contribution is 2.30. The van der Waals surface area contributed by atoms with Crippen LogP contribution in [0.25, 0.3) is 0 Å². The van der Waals surface area contributed by atoms with Crippen LogP contribution >= 0.6 is 11.3 Å². The van der Waals surface area contributed by atoms with Crippen LogP contribution in [0.3, 0.4) is 0 Å². The quantitative estimate of drug-likeness (QED) is 0.207. The third kappa shape index (κ3) is 11.3. The Hall–Kier alpha value is -3.39. The van der Waals surface area contributed by atoms with Crippen LogP contribution in [0.5, 0.6) is 0 Å². The minimum absolute atomic E-state index is 0.0130. The van der Waals surface area contributed by atoms with Gasteiger partial charge < -0.3 is 29.9 Å². The van der Waals surface area contributed by atoms with E-state index in [9.17, 15) is 19.2 Å². The van der Waals surface area contributed by atoms with Crippen LogP contribution in [0, 0.1) is 17.8 Å². The first kappa shape index (κ1) is 43.0. The van der Waals surface area contributed by atoms with E-state index in [2.05, 4.69) is 15.6 Å². The first-order valence-corrected chi connectivity index (χ1v) is 19.4. The zero-order chi connectivity index (χ0) is 38.5. The molecule has 1 aliphatic rings. The Balaban J connectivity index is 1.72. The van der Waals surface area contributed by atoms with Crippen LogP contribution in [0.4, 0.5) is 0 Å². The molecular formula is C39H62N6O6S. The summed E-state index contributed by atoms with van der Waals surface area (Å²) in [6.07, 6.45) is 3.54. The summed E-state index contributed by atoms with van der Waals surface area (Å²) in [5.41, 5.74) is 1.09. The van der Waals surface area contributed by atoms with Gasteiger partial charge in [0.15, 0.2) is 0 Å². The van der Waals surface area contributed by atoms with E-state index < -0.39 is 24.2 Å². The summed E-state index contributed by atoms with van der Waals surface area (Å²) in [5, 5.41) is 8.78. The minimum Gasteiger partial charge on any atom is -0.379 e. The van der Waals surface area contributed by atoms with Gasteiger partial charge in [0.05, 0.1) is 55.3 Å². The summed E-state index contributed by atoms with van der Waals surface area (Å²) in [6.45, 7) is 10.3. The van der Waals surface area contributed by atoms with E-state index >= 15 is 0 Å². The number of hydrogen-bond acceptors (Lipinski definition) is 9. The molecule has 0 aliphatic carbocycles. The van der Waals surface area contributed by atoms with Crippen molar-refractivity contribution in [2.75, 3.05) is 48.5 Å². The Labute approximate surface area is 315 Å². The van der Waals surface area contributed by atoms with E-state index in [-0.39, 0.29) is 66.6 Å². The van der Waals surface area contributed by atoms with Crippen molar-refractivity contribution < 1.29 is 28.7 Å². The molecule has 2 N–H and O–H groups in total. The number of carbonyl (C=O) groups is 4. The fourth-order valence-corrected chi connectivity index (χ4v) is 8.30. The lowest BCUT2D eigenvalue weighted by atomic mass is 9.90. The molecule has 290 valence electrons. The van der Waals surface area contributed by atoms with Gasteiger partial charge in [0, 0.05) is 39.4 Å². The van der Waals surface area contributed by atoms with Gasteiger partial charge in [-0.25, -0.2) is 4.98 Å². The topological polar surface area (TPSA) is 133 Å². The van der Waals surface area contributed by atoms with Gasteiger partial charge >= 0.3 is 0 Å². The molecule has 1 fully saturated rings. The molecule has 12 nitrogen and oxygen atoms in total. The fourth-order valence-electron chi connectivity index (χ4n) is 7.61. The van der Waals surface area contributed by atoms with Gasteiger partial charge in [0.2, 0.25) is 23.6 Å². The number of likely N-dealkylation sites (N-methyl/N-ethyl adjacent to an activating group) is 2. The van der Waals surface area contributed by atoms with E-state index in [1.165, 1.54) is 11.3 Å². The highest BCUT2D eigenvalue weighted by Gasteiger charge is 2.42. The number of benzene rings is 1. The molecule has 13 heteroatoms. The van der Waals surface area contributed by atoms with Gasteiger partial charge in [-0.05, 0) is 50.8 Å². The predicted molar refractivity (Wildman–Crippen MR) is 205 cm³/mol. The number of methoxy groups -OCH3 is 2. The third-order valence-electron chi connectivity index (χ3n) is 10.5. The molecule has 0 saturated carbocycles. The highest BCUT2D eigenvalue weighted by molar-refractivity contribution is 7.09. The van der Waals surface area contributed by atoms with E-state index in [4.69, 9.17) is 9.47 Å². The lowest BCUT2D eigenvalue weighted by Gasteiger charge is -2.39. The van der Waals surface area contributed by atoms with Crippen LogP contribution in [0.2, 0.25) is 0 Å². The second-order valence-electron chi connectivity index (χ2n) is 14.6. The van der Waals surface area contributed by atoms with Crippen molar-refractivity contribution in [1.29, 1.82) is 0 Å². The maximum Gasteiger partial charge on any atom is 0.242 e. The van der Waals surface area contributed by atoms with E-state index in [1.54, 1.807) is 32.4 Å². The van der Waals surface area contributed by atoms with Crippen molar-refractivity contribution >= 4 is 35.0 Å². The molecule has 1 saturated heterocycles. The number of thiazole rings is 1. The first-order chi connectivity index (χ1) is 24.7. The van der Waals surface area contributed by atoms with Gasteiger partial charge in [-0.15, -0.1) is 11.3 Å². The van der Waals surface area contributed by atoms with E-state index in [1.807, 2.05) is 94.2 Å². The SMILES string of the molecule is CC[C@H](C)[C@@H]([C@@H](CC(=O)N1CCC[C@H]1[C@H](OC)[C@@H](C)C(=O)N[C@@H](Cc1ccccc1)c1nccs1)OC)N(C)C(=O)CNC(=O)[C@H](C(C)C)N(C)C. The molecule has 2 heterocycles. The zero-order valence-electron chi connectivity index (χ0n) is 32.8. The summed E-state index contributed by atoms with van der Waals surface area (Å²) in [7, 11) is 8.57. The number of carbonyl (C=O) groups excluding carboxylic acids is 4. The van der Waals surface area contributed by atoms with E-state index in [0.717, 1.165) is 23.4 Å². The maximum atomic E-state index is 14.1. The average molecular weight is 743 g/mol. The maximum absolute atomic E-state index is 14.1.